The first-order chi connectivity index (χ1) is 10.7. The number of hydrogen-bond acceptors (Lipinski definition) is 4. The maximum atomic E-state index is 6.16. The summed E-state index contributed by atoms with van der Waals surface area (Å²) in [4.78, 5) is 8.76. The lowest BCUT2D eigenvalue weighted by Crippen LogP contribution is -2.08. The second-order valence-corrected chi connectivity index (χ2v) is 6.31. The Bertz CT molecular complexity index is 760. The smallest absolute Gasteiger partial charge is 0.223 e. The van der Waals surface area contributed by atoms with Gasteiger partial charge in [0.2, 0.25) is 5.95 Å². The van der Waals surface area contributed by atoms with Gasteiger partial charge in [0.15, 0.2) is 0 Å². The molecule has 1 N–H and O–H groups in total. The fourth-order valence-electron chi connectivity index (χ4n) is 2.05. The molecule has 0 saturated heterocycles. The summed E-state index contributed by atoms with van der Waals surface area (Å²) in [5, 5.41) is 8.66. The summed E-state index contributed by atoms with van der Waals surface area (Å²) >= 11 is 13.7. The monoisotopic (exact) mass is 349 g/mol. The summed E-state index contributed by atoms with van der Waals surface area (Å²) in [7, 11) is 0. The molecule has 3 rings (SSSR count). The van der Waals surface area contributed by atoms with Gasteiger partial charge in [-0.2, -0.15) is 11.3 Å². The van der Waals surface area contributed by atoms with Crippen molar-refractivity contribution in [3.05, 3.63) is 62.9 Å². The van der Waals surface area contributed by atoms with Crippen LogP contribution in [0.4, 0.5) is 5.95 Å². The van der Waals surface area contributed by atoms with Gasteiger partial charge in [0.05, 0.1) is 5.69 Å². The van der Waals surface area contributed by atoms with Crippen molar-refractivity contribution in [2.75, 3.05) is 11.9 Å². The molecule has 2 aromatic heterocycles. The Labute approximate surface area is 143 Å². The van der Waals surface area contributed by atoms with Crippen molar-refractivity contribution >= 4 is 40.5 Å². The van der Waals surface area contributed by atoms with Gasteiger partial charge >= 0.3 is 0 Å². The van der Waals surface area contributed by atoms with Gasteiger partial charge in [0, 0.05) is 33.7 Å². The quantitative estimate of drug-likeness (QED) is 0.690. The number of nitrogens with one attached hydrogen (secondary N) is 1. The second-order valence-electron chi connectivity index (χ2n) is 4.69. The second kappa shape index (κ2) is 7.09. The summed E-state index contributed by atoms with van der Waals surface area (Å²) in [6, 6.07) is 9.49. The predicted molar refractivity (Wildman–Crippen MR) is 94.0 cm³/mol. The van der Waals surface area contributed by atoms with Gasteiger partial charge in [-0.15, -0.1) is 0 Å². The molecular weight excluding hydrogens is 337 g/mol. The number of aromatic nitrogens is 2. The van der Waals surface area contributed by atoms with Crippen molar-refractivity contribution in [3.63, 3.8) is 0 Å². The van der Waals surface area contributed by atoms with E-state index in [1.807, 2.05) is 29.6 Å². The molecular formula is C16H13Cl2N3S. The van der Waals surface area contributed by atoms with Crippen LogP contribution in [0.3, 0.4) is 0 Å². The van der Waals surface area contributed by atoms with Gasteiger partial charge in [-0.05, 0) is 41.6 Å². The van der Waals surface area contributed by atoms with Crippen LogP contribution < -0.4 is 5.32 Å². The van der Waals surface area contributed by atoms with Crippen molar-refractivity contribution in [2.45, 2.75) is 6.42 Å². The number of benzene rings is 1. The van der Waals surface area contributed by atoms with Crippen LogP contribution in [0, 0.1) is 0 Å². The highest BCUT2D eigenvalue weighted by molar-refractivity contribution is 7.08. The fraction of sp³-hybridized carbons (Fsp3) is 0.125. The molecule has 3 aromatic rings. The largest absolute Gasteiger partial charge is 0.354 e. The maximum absolute atomic E-state index is 6.16. The molecule has 0 fully saturated rings. The molecule has 0 unspecified atom stereocenters. The number of halogens is 2. The van der Waals surface area contributed by atoms with E-state index in [1.165, 1.54) is 0 Å². The molecule has 0 spiro atoms. The minimum absolute atomic E-state index is 0.619. The molecule has 1 aromatic carbocycles. The van der Waals surface area contributed by atoms with E-state index in [0.717, 1.165) is 23.2 Å². The molecule has 112 valence electrons. The molecule has 0 saturated carbocycles. The first-order valence-electron chi connectivity index (χ1n) is 6.76. The average Bonchev–Trinajstić information content (AvgIpc) is 3.04. The molecule has 0 bridgehead atoms. The number of thiophene rings is 1. The lowest BCUT2D eigenvalue weighted by atomic mass is 10.1. The van der Waals surface area contributed by atoms with Gasteiger partial charge in [0.25, 0.3) is 0 Å². The highest BCUT2D eigenvalue weighted by Crippen LogP contribution is 2.22. The lowest BCUT2D eigenvalue weighted by molar-refractivity contribution is 0.985. The van der Waals surface area contributed by atoms with Crippen LogP contribution in [0.25, 0.3) is 11.3 Å². The Kier molecular flexibility index (Phi) is 4.93. The number of anilines is 1. The molecule has 0 aliphatic carbocycles. The Morgan fingerprint density at radius 3 is 2.82 bits per heavy atom. The molecule has 2 heterocycles. The summed E-state index contributed by atoms with van der Waals surface area (Å²) in [5.74, 6) is 0.619. The molecule has 0 aliphatic heterocycles. The topological polar surface area (TPSA) is 37.8 Å². The van der Waals surface area contributed by atoms with E-state index in [2.05, 4.69) is 20.7 Å². The van der Waals surface area contributed by atoms with Crippen LogP contribution in [-0.4, -0.2) is 16.5 Å². The zero-order valence-corrected chi connectivity index (χ0v) is 13.9. The SMILES string of the molecule is Clc1ccc(CCNc2nccc(-c3ccsc3)n2)c(Cl)c1. The molecule has 22 heavy (non-hydrogen) atoms. The van der Waals surface area contributed by atoms with Crippen molar-refractivity contribution in [1.82, 2.24) is 9.97 Å². The Hall–Kier alpha value is -1.62. The fourth-order valence-corrected chi connectivity index (χ4v) is 3.20. The van der Waals surface area contributed by atoms with Crippen LogP contribution in [-0.2, 0) is 6.42 Å². The summed E-state index contributed by atoms with van der Waals surface area (Å²) in [6.07, 6.45) is 2.54. The first kappa shape index (κ1) is 15.3. The first-order valence-corrected chi connectivity index (χ1v) is 8.45. The third-order valence-corrected chi connectivity index (χ3v) is 4.44. The highest BCUT2D eigenvalue weighted by atomic mass is 35.5. The molecule has 0 amide bonds. The number of nitrogens with zero attached hydrogens (tertiary/aromatic N) is 2. The van der Waals surface area contributed by atoms with E-state index in [4.69, 9.17) is 23.2 Å². The van der Waals surface area contributed by atoms with Crippen LogP contribution >= 0.6 is 34.5 Å². The van der Waals surface area contributed by atoms with Crippen LogP contribution in [0.5, 0.6) is 0 Å². The van der Waals surface area contributed by atoms with Crippen molar-refractivity contribution in [3.8, 4) is 11.3 Å². The van der Waals surface area contributed by atoms with Gasteiger partial charge in [0.1, 0.15) is 0 Å². The third kappa shape index (κ3) is 3.77. The van der Waals surface area contributed by atoms with E-state index in [-0.39, 0.29) is 0 Å². The lowest BCUT2D eigenvalue weighted by Gasteiger charge is -2.07. The summed E-state index contributed by atoms with van der Waals surface area (Å²) < 4.78 is 0. The highest BCUT2D eigenvalue weighted by Gasteiger charge is 2.04. The Balaban J connectivity index is 1.63. The Morgan fingerprint density at radius 2 is 2.05 bits per heavy atom. The van der Waals surface area contributed by atoms with E-state index < -0.39 is 0 Å². The van der Waals surface area contributed by atoms with Gasteiger partial charge < -0.3 is 5.32 Å². The minimum atomic E-state index is 0.619. The number of hydrogen-bond donors (Lipinski definition) is 1. The molecule has 3 nitrogen and oxygen atoms in total. The molecule has 0 radical (unpaired) electrons. The van der Waals surface area contributed by atoms with Gasteiger partial charge in [-0.3, -0.25) is 0 Å². The van der Waals surface area contributed by atoms with E-state index >= 15 is 0 Å². The normalized spacial score (nSPS) is 10.6. The minimum Gasteiger partial charge on any atom is -0.354 e. The van der Waals surface area contributed by atoms with Crippen LogP contribution in [0.1, 0.15) is 5.56 Å². The zero-order valence-electron chi connectivity index (χ0n) is 11.6. The average molecular weight is 350 g/mol. The molecule has 6 heteroatoms. The van der Waals surface area contributed by atoms with Crippen molar-refractivity contribution < 1.29 is 0 Å². The Morgan fingerprint density at radius 1 is 1.14 bits per heavy atom. The van der Waals surface area contributed by atoms with E-state index in [1.54, 1.807) is 23.6 Å². The van der Waals surface area contributed by atoms with Crippen LogP contribution in [0.2, 0.25) is 10.0 Å². The summed E-state index contributed by atoms with van der Waals surface area (Å²) in [5.41, 5.74) is 3.08. The zero-order chi connectivity index (χ0) is 15.4. The van der Waals surface area contributed by atoms with Crippen molar-refractivity contribution in [2.24, 2.45) is 0 Å². The molecule has 0 aliphatic rings. The molecule has 0 atom stereocenters. The van der Waals surface area contributed by atoms with E-state index in [9.17, 15) is 0 Å². The third-order valence-electron chi connectivity index (χ3n) is 3.17. The standard InChI is InChI=1S/C16H13Cl2N3S/c17-13-2-1-11(14(18)9-13)3-6-19-16-20-7-4-15(21-16)12-5-8-22-10-12/h1-2,4-5,7-10H,3,6H2,(H,19,20,21). The summed E-state index contributed by atoms with van der Waals surface area (Å²) in [6.45, 7) is 0.703. The predicted octanol–water partition coefficient (Wildman–Crippen LogP) is 5.17. The van der Waals surface area contributed by atoms with Gasteiger partial charge in [-0.25, -0.2) is 9.97 Å². The van der Waals surface area contributed by atoms with E-state index in [0.29, 0.717) is 22.5 Å². The van der Waals surface area contributed by atoms with Crippen molar-refractivity contribution in [1.29, 1.82) is 0 Å². The number of rotatable bonds is 5. The maximum Gasteiger partial charge on any atom is 0.223 e. The van der Waals surface area contributed by atoms with Crippen LogP contribution in [0.15, 0.2) is 47.3 Å². The van der Waals surface area contributed by atoms with Gasteiger partial charge in [-0.1, -0.05) is 29.3 Å².